The molecule has 0 amide bonds. The summed E-state index contributed by atoms with van der Waals surface area (Å²) in [5, 5.41) is 11.1. The number of thiophene rings is 1. The van der Waals surface area contributed by atoms with Crippen LogP contribution in [0.1, 0.15) is 16.9 Å². The molecule has 1 N–H and O–H groups in total. The Morgan fingerprint density at radius 1 is 1.30 bits per heavy atom. The number of aromatic nitrogens is 2. The summed E-state index contributed by atoms with van der Waals surface area (Å²) >= 11 is 1.65. The fraction of sp³-hybridized carbons (Fsp3) is 0.625. The molecule has 1 saturated heterocycles. The lowest BCUT2D eigenvalue weighted by atomic mass is 10.2. The summed E-state index contributed by atoms with van der Waals surface area (Å²) < 4.78 is 6.88. The molecular weight excluding hydrogens is 314 g/mol. The lowest BCUT2D eigenvalue weighted by molar-refractivity contribution is 0.0113. The van der Waals surface area contributed by atoms with Crippen molar-refractivity contribution in [3.05, 3.63) is 27.1 Å². The second-order valence-electron chi connectivity index (χ2n) is 6.31. The zero-order valence-corrected chi connectivity index (χ0v) is 13.8. The number of hydrogen-bond donors (Lipinski definition) is 1. The van der Waals surface area contributed by atoms with Gasteiger partial charge in [0, 0.05) is 24.5 Å². The van der Waals surface area contributed by atoms with Crippen molar-refractivity contribution in [3.63, 3.8) is 0 Å². The molecule has 0 spiro atoms. The molecular formula is C16H21N3O3S. The first-order valence-electron chi connectivity index (χ1n) is 8.20. The molecule has 2 aliphatic rings. The highest BCUT2D eigenvalue weighted by atomic mass is 32.1. The minimum Gasteiger partial charge on any atom is -0.390 e. The largest absolute Gasteiger partial charge is 0.390 e. The third-order valence-electron chi connectivity index (χ3n) is 4.67. The lowest BCUT2D eigenvalue weighted by Crippen LogP contribution is -2.42. The molecule has 6 nitrogen and oxygen atoms in total. The number of fused-ring (bicyclic) bond motifs is 3. The van der Waals surface area contributed by atoms with E-state index in [1.807, 2.05) is 0 Å². The van der Waals surface area contributed by atoms with Crippen LogP contribution in [-0.2, 0) is 24.1 Å². The van der Waals surface area contributed by atoms with E-state index in [0.29, 0.717) is 26.3 Å². The number of morpholine rings is 1. The van der Waals surface area contributed by atoms with Gasteiger partial charge in [0.2, 0.25) is 0 Å². The Morgan fingerprint density at radius 3 is 2.96 bits per heavy atom. The van der Waals surface area contributed by atoms with Crippen LogP contribution in [0.5, 0.6) is 0 Å². The lowest BCUT2D eigenvalue weighted by Gasteiger charge is -2.28. The summed E-state index contributed by atoms with van der Waals surface area (Å²) in [5.41, 5.74) is 1.19. The third kappa shape index (κ3) is 2.94. The first-order valence-corrected chi connectivity index (χ1v) is 9.02. The van der Waals surface area contributed by atoms with Gasteiger partial charge < -0.3 is 9.84 Å². The SMILES string of the molecule is O=c1c2c3c(sc2ncn1C[C@H](O)CN1CCOCC1)CCC3. The highest BCUT2D eigenvalue weighted by molar-refractivity contribution is 7.18. The Kier molecular flexibility index (Phi) is 4.19. The maximum Gasteiger partial charge on any atom is 0.262 e. The van der Waals surface area contributed by atoms with Crippen LogP contribution >= 0.6 is 11.3 Å². The predicted molar refractivity (Wildman–Crippen MR) is 89.2 cm³/mol. The minimum atomic E-state index is -0.572. The van der Waals surface area contributed by atoms with E-state index in [2.05, 4.69) is 9.88 Å². The van der Waals surface area contributed by atoms with Crippen molar-refractivity contribution in [1.29, 1.82) is 0 Å². The van der Waals surface area contributed by atoms with Crippen molar-refractivity contribution in [2.24, 2.45) is 0 Å². The van der Waals surface area contributed by atoms with Gasteiger partial charge in [-0.15, -0.1) is 11.3 Å². The highest BCUT2D eigenvalue weighted by Gasteiger charge is 2.22. The molecule has 2 aromatic heterocycles. The Bertz CT molecular complexity index is 764. The fourth-order valence-electron chi connectivity index (χ4n) is 3.52. The molecule has 7 heteroatoms. The molecule has 1 fully saturated rings. The second kappa shape index (κ2) is 6.32. The summed E-state index contributed by atoms with van der Waals surface area (Å²) in [7, 11) is 0. The van der Waals surface area contributed by atoms with Crippen LogP contribution < -0.4 is 5.56 Å². The fourth-order valence-corrected chi connectivity index (χ4v) is 4.74. The number of aliphatic hydroxyl groups is 1. The summed E-state index contributed by atoms with van der Waals surface area (Å²) in [5.74, 6) is 0. The normalized spacial score (nSPS) is 20.0. The van der Waals surface area contributed by atoms with Gasteiger partial charge in [0.15, 0.2) is 0 Å². The number of aliphatic hydroxyl groups excluding tert-OH is 1. The van der Waals surface area contributed by atoms with Gasteiger partial charge in [-0.1, -0.05) is 0 Å². The third-order valence-corrected chi connectivity index (χ3v) is 5.87. The van der Waals surface area contributed by atoms with E-state index in [1.54, 1.807) is 22.2 Å². The molecule has 124 valence electrons. The van der Waals surface area contributed by atoms with Crippen molar-refractivity contribution in [3.8, 4) is 0 Å². The van der Waals surface area contributed by atoms with Crippen molar-refractivity contribution < 1.29 is 9.84 Å². The number of nitrogens with zero attached hydrogens (tertiary/aromatic N) is 3. The molecule has 0 bridgehead atoms. The maximum atomic E-state index is 12.8. The average Bonchev–Trinajstić information content (AvgIpc) is 3.11. The standard InChI is InChI=1S/C16H21N3O3S/c20-11(8-18-4-6-22-7-5-18)9-19-10-17-15-14(16(19)21)12-2-1-3-13(12)23-15/h10-11,20H,1-9H2/t11-/m1/s1. The van der Waals surface area contributed by atoms with Gasteiger partial charge in [-0.2, -0.15) is 0 Å². The van der Waals surface area contributed by atoms with Crippen molar-refractivity contribution in [1.82, 2.24) is 14.5 Å². The summed E-state index contributed by atoms with van der Waals surface area (Å²) in [6.45, 7) is 3.95. The van der Waals surface area contributed by atoms with Gasteiger partial charge in [0.1, 0.15) is 4.83 Å². The van der Waals surface area contributed by atoms with E-state index in [4.69, 9.17) is 4.74 Å². The second-order valence-corrected chi connectivity index (χ2v) is 7.39. The number of rotatable bonds is 4. The van der Waals surface area contributed by atoms with Gasteiger partial charge in [-0.3, -0.25) is 14.3 Å². The van der Waals surface area contributed by atoms with Gasteiger partial charge in [-0.05, 0) is 24.8 Å². The van der Waals surface area contributed by atoms with E-state index in [9.17, 15) is 9.90 Å². The zero-order chi connectivity index (χ0) is 15.8. The number of β-amino-alcohol motifs (C(OH)–C–C–N with tert-alkyl or cyclic N) is 1. The Labute approximate surface area is 138 Å². The average molecular weight is 335 g/mol. The van der Waals surface area contributed by atoms with E-state index in [1.165, 1.54) is 10.4 Å². The molecule has 0 radical (unpaired) electrons. The van der Waals surface area contributed by atoms with Crippen LogP contribution in [-0.4, -0.2) is 58.5 Å². The topological polar surface area (TPSA) is 67.6 Å². The van der Waals surface area contributed by atoms with Gasteiger partial charge in [-0.25, -0.2) is 4.98 Å². The van der Waals surface area contributed by atoms with Gasteiger partial charge >= 0.3 is 0 Å². The van der Waals surface area contributed by atoms with E-state index in [-0.39, 0.29) is 5.56 Å². The Balaban J connectivity index is 1.54. The van der Waals surface area contributed by atoms with E-state index < -0.39 is 6.10 Å². The van der Waals surface area contributed by atoms with E-state index in [0.717, 1.165) is 42.6 Å². The molecule has 1 aliphatic carbocycles. The molecule has 0 unspecified atom stereocenters. The molecule has 3 heterocycles. The van der Waals surface area contributed by atoms with Crippen LogP contribution in [0.3, 0.4) is 0 Å². The first kappa shape index (κ1) is 15.3. The number of ether oxygens (including phenoxy) is 1. The van der Waals surface area contributed by atoms with E-state index >= 15 is 0 Å². The van der Waals surface area contributed by atoms with Crippen LogP contribution in [0.4, 0.5) is 0 Å². The molecule has 0 aromatic carbocycles. The molecule has 1 aliphatic heterocycles. The van der Waals surface area contributed by atoms with Gasteiger partial charge in [0.25, 0.3) is 5.56 Å². The molecule has 4 rings (SSSR count). The Hall–Kier alpha value is -1.28. The Morgan fingerprint density at radius 2 is 2.13 bits per heavy atom. The quantitative estimate of drug-likeness (QED) is 0.888. The molecule has 0 saturated carbocycles. The van der Waals surface area contributed by atoms with Crippen molar-refractivity contribution in [2.45, 2.75) is 31.9 Å². The predicted octanol–water partition coefficient (Wildman–Crippen LogP) is 0.640. The smallest absolute Gasteiger partial charge is 0.262 e. The van der Waals surface area contributed by atoms with Crippen molar-refractivity contribution >= 4 is 21.6 Å². The summed E-state index contributed by atoms with van der Waals surface area (Å²) in [6, 6.07) is 0. The van der Waals surface area contributed by atoms with Crippen LogP contribution in [0.25, 0.3) is 10.2 Å². The van der Waals surface area contributed by atoms with Crippen LogP contribution in [0.15, 0.2) is 11.1 Å². The summed E-state index contributed by atoms with van der Waals surface area (Å²) in [6.07, 6.45) is 4.18. The van der Waals surface area contributed by atoms with Gasteiger partial charge in [0.05, 0.1) is 37.6 Å². The zero-order valence-electron chi connectivity index (χ0n) is 13.0. The van der Waals surface area contributed by atoms with Crippen LogP contribution in [0.2, 0.25) is 0 Å². The highest BCUT2D eigenvalue weighted by Crippen LogP contribution is 2.34. The monoisotopic (exact) mass is 335 g/mol. The molecule has 23 heavy (non-hydrogen) atoms. The molecule has 1 atom stereocenters. The summed E-state index contributed by atoms with van der Waals surface area (Å²) in [4.78, 5) is 21.5. The number of hydrogen-bond acceptors (Lipinski definition) is 6. The maximum absolute atomic E-state index is 12.8. The van der Waals surface area contributed by atoms with Crippen molar-refractivity contribution in [2.75, 3.05) is 32.8 Å². The number of aryl methyl sites for hydroxylation is 2. The molecule has 2 aromatic rings. The van der Waals surface area contributed by atoms with Crippen LogP contribution in [0, 0.1) is 0 Å². The minimum absolute atomic E-state index is 0.00423. The first-order chi connectivity index (χ1) is 11.2.